The summed E-state index contributed by atoms with van der Waals surface area (Å²) in [4.78, 5) is 6.55. The molecule has 0 aliphatic heterocycles. The Hall–Kier alpha value is -1.25. The highest BCUT2D eigenvalue weighted by molar-refractivity contribution is 6.30. The molecule has 1 heterocycles. The average molecular weight is 295 g/mol. The lowest BCUT2D eigenvalue weighted by atomic mass is 10.1. The molecule has 0 saturated carbocycles. The van der Waals surface area contributed by atoms with Crippen molar-refractivity contribution >= 4 is 29.0 Å². The Morgan fingerprint density at radius 2 is 1.89 bits per heavy atom. The molecule has 1 atom stereocenters. The third kappa shape index (κ3) is 3.20. The van der Waals surface area contributed by atoms with Crippen LogP contribution in [-0.4, -0.2) is 12.0 Å². The lowest BCUT2D eigenvalue weighted by Crippen LogP contribution is -2.23. The van der Waals surface area contributed by atoms with Crippen LogP contribution in [0.4, 0.5) is 5.82 Å². The predicted molar refractivity (Wildman–Crippen MR) is 82.1 cm³/mol. The van der Waals surface area contributed by atoms with Crippen molar-refractivity contribution in [2.24, 2.45) is 0 Å². The molecule has 1 unspecified atom stereocenters. The number of rotatable bonds is 4. The lowest BCUT2D eigenvalue weighted by molar-refractivity contribution is 0.725. The van der Waals surface area contributed by atoms with Crippen LogP contribution in [0.25, 0.3) is 0 Å². The number of anilines is 1. The van der Waals surface area contributed by atoms with E-state index in [1.807, 2.05) is 43.4 Å². The lowest BCUT2D eigenvalue weighted by Gasteiger charge is -2.27. The van der Waals surface area contributed by atoms with Gasteiger partial charge in [-0.1, -0.05) is 29.8 Å². The van der Waals surface area contributed by atoms with E-state index in [0.29, 0.717) is 5.88 Å². The number of hydrogen-bond acceptors (Lipinski definition) is 2. The summed E-state index contributed by atoms with van der Waals surface area (Å²) >= 11 is 11.9. The van der Waals surface area contributed by atoms with Gasteiger partial charge in [0.15, 0.2) is 0 Å². The van der Waals surface area contributed by atoms with E-state index in [-0.39, 0.29) is 6.04 Å². The van der Waals surface area contributed by atoms with Crippen LogP contribution < -0.4 is 4.90 Å². The summed E-state index contributed by atoms with van der Waals surface area (Å²) in [5, 5.41) is 0.748. The zero-order valence-electron chi connectivity index (χ0n) is 11.0. The van der Waals surface area contributed by atoms with Gasteiger partial charge in [0.2, 0.25) is 0 Å². The zero-order chi connectivity index (χ0) is 13.8. The largest absolute Gasteiger partial charge is 0.353 e. The van der Waals surface area contributed by atoms with Gasteiger partial charge < -0.3 is 4.90 Å². The quantitative estimate of drug-likeness (QED) is 0.762. The second-order valence-electron chi connectivity index (χ2n) is 4.46. The smallest absolute Gasteiger partial charge is 0.133 e. The van der Waals surface area contributed by atoms with E-state index in [9.17, 15) is 0 Å². The van der Waals surface area contributed by atoms with E-state index in [2.05, 4.69) is 16.8 Å². The standard InChI is InChI=1S/C15H16Cl2N2/c1-11(12-5-7-14(17)8-6-12)19(2)15-13(10-16)4-3-9-18-15/h3-9,11H,10H2,1-2H3. The molecule has 0 bridgehead atoms. The molecule has 2 rings (SSSR count). The third-order valence-electron chi connectivity index (χ3n) is 3.28. The topological polar surface area (TPSA) is 16.1 Å². The summed E-state index contributed by atoms with van der Waals surface area (Å²) in [5.41, 5.74) is 2.23. The molecule has 0 radical (unpaired) electrons. The molecule has 19 heavy (non-hydrogen) atoms. The molecule has 1 aromatic heterocycles. The molecule has 1 aromatic carbocycles. The van der Waals surface area contributed by atoms with Crippen molar-refractivity contribution < 1.29 is 0 Å². The second-order valence-corrected chi connectivity index (χ2v) is 5.16. The van der Waals surface area contributed by atoms with Gasteiger partial charge in [0.05, 0.1) is 11.9 Å². The van der Waals surface area contributed by atoms with E-state index < -0.39 is 0 Å². The van der Waals surface area contributed by atoms with Crippen LogP contribution in [0.15, 0.2) is 42.6 Å². The summed E-state index contributed by atoms with van der Waals surface area (Å²) in [6.07, 6.45) is 1.79. The third-order valence-corrected chi connectivity index (χ3v) is 3.82. The maximum Gasteiger partial charge on any atom is 0.133 e. The number of pyridine rings is 1. The van der Waals surface area contributed by atoms with Crippen LogP contribution in [0, 0.1) is 0 Å². The normalized spacial score (nSPS) is 12.2. The Kier molecular flexibility index (Phi) is 4.67. The van der Waals surface area contributed by atoms with Gasteiger partial charge in [-0.25, -0.2) is 4.98 Å². The van der Waals surface area contributed by atoms with Crippen LogP contribution in [0.2, 0.25) is 5.02 Å². The van der Waals surface area contributed by atoms with Crippen molar-refractivity contribution in [1.82, 2.24) is 4.98 Å². The van der Waals surface area contributed by atoms with Crippen molar-refractivity contribution in [3.63, 3.8) is 0 Å². The summed E-state index contributed by atoms with van der Waals surface area (Å²) in [6, 6.07) is 12.0. The molecule has 0 amide bonds. The molecule has 0 spiro atoms. The molecule has 0 N–H and O–H groups in total. The van der Waals surface area contributed by atoms with E-state index in [0.717, 1.165) is 16.4 Å². The Labute approximate surface area is 124 Å². The number of hydrogen-bond donors (Lipinski definition) is 0. The number of alkyl halides is 1. The van der Waals surface area contributed by atoms with Crippen molar-refractivity contribution in [3.05, 3.63) is 58.7 Å². The SMILES string of the molecule is CC(c1ccc(Cl)cc1)N(C)c1ncccc1CCl. The van der Waals surface area contributed by atoms with Crippen LogP contribution in [0.3, 0.4) is 0 Å². The first-order valence-corrected chi connectivity index (χ1v) is 7.03. The van der Waals surface area contributed by atoms with E-state index >= 15 is 0 Å². The molecule has 4 heteroatoms. The minimum absolute atomic E-state index is 0.203. The van der Waals surface area contributed by atoms with Crippen molar-refractivity contribution in [1.29, 1.82) is 0 Å². The molecule has 0 fully saturated rings. The zero-order valence-corrected chi connectivity index (χ0v) is 12.5. The van der Waals surface area contributed by atoms with Crippen molar-refractivity contribution in [2.75, 3.05) is 11.9 Å². The highest BCUT2D eigenvalue weighted by Crippen LogP contribution is 2.27. The van der Waals surface area contributed by atoms with E-state index in [1.165, 1.54) is 5.56 Å². The first-order chi connectivity index (χ1) is 9.13. The van der Waals surface area contributed by atoms with Gasteiger partial charge in [0, 0.05) is 23.8 Å². The van der Waals surface area contributed by atoms with Gasteiger partial charge in [-0.05, 0) is 30.7 Å². The number of benzene rings is 1. The first-order valence-electron chi connectivity index (χ1n) is 6.11. The molecule has 0 aliphatic carbocycles. The molecule has 0 aliphatic rings. The minimum Gasteiger partial charge on any atom is -0.353 e. The average Bonchev–Trinajstić information content (AvgIpc) is 2.46. The van der Waals surface area contributed by atoms with Crippen LogP contribution >= 0.6 is 23.2 Å². The first kappa shape index (κ1) is 14.2. The Balaban J connectivity index is 2.28. The number of halogens is 2. The summed E-state index contributed by atoms with van der Waals surface area (Å²) in [6.45, 7) is 2.13. The van der Waals surface area contributed by atoms with Crippen molar-refractivity contribution in [3.8, 4) is 0 Å². The minimum atomic E-state index is 0.203. The molecule has 0 saturated heterocycles. The van der Waals surface area contributed by atoms with Gasteiger partial charge in [-0.2, -0.15) is 0 Å². The van der Waals surface area contributed by atoms with Gasteiger partial charge in [-0.15, -0.1) is 11.6 Å². The molecular formula is C15H16Cl2N2. The fraction of sp³-hybridized carbons (Fsp3) is 0.267. The Morgan fingerprint density at radius 1 is 1.21 bits per heavy atom. The van der Waals surface area contributed by atoms with Crippen LogP contribution in [-0.2, 0) is 5.88 Å². The molecule has 2 aromatic rings. The monoisotopic (exact) mass is 294 g/mol. The second kappa shape index (κ2) is 6.27. The highest BCUT2D eigenvalue weighted by Gasteiger charge is 2.15. The Morgan fingerprint density at radius 3 is 2.53 bits per heavy atom. The van der Waals surface area contributed by atoms with Crippen molar-refractivity contribution in [2.45, 2.75) is 18.8 Å². The maximum atomic E-state index is 5.96. The summed E-state index contributed by atoms with van der Waals surface area (Å²) in [5.74, 6) is 1.38. The summed E-state index contributed by atoms with van der Waals surface area (Å²) in [7, 11) is 2.03. The van der Waals surface area contributed by atoms with E-state index in [1.54, 1.807) is 6.20 Å². The highest BCUT2D eigenvalue weighted by atomic mass is 35.5. The molecular weight excluding hydrogens is 279 g/mol. The summed E-state index contributed by atoms with van der Waals surface area (Å²) < 4.78 is 0. The fourth-order valence-corrected chi connectivity index (χ4v) is 2.34. The van der Waals surface area contributed by atoms with Gasteiger partial charge in [0.1, 0.15) is 5.82 Å². The number of nitrogens with zero attached hydrogens (tertiary/aromatic N) is 2. The van der Waals surface area contributed by atoms with Crippen LogP contribution in [0.1, 0.15) is 24.1 Å². The van der Waals surface area contributed by atoms with Crippen LogP contribution in [0.5, 0.6) is 0 Å². The molecule has 100 valence electrons. The number of aromatic nitrogens is 1. The van der Waals surface area contributed by atoms with Gasteiger partial charge >= 0.3 is 0 Å². The van der Waals surface area contributed by atoms with Gasteiger partial charge in [-0.3, -0.25) is 0 Å². The molecule has 2 nitrogen and oxygen atoms in total. The maximum absolute atomic E-state index is 5.96. The fourth-order valence-electron chi connectivity index (χ4n) is 2.00. The van der Waals surface area contributed by atoms with E-state index in [4.69, 9.17) is 23.2 Å². The predicted octanol–water partition coefficient (Wildman–Crippen LogP) is 4.67. The Bertz CT molecular complexity index is 540. The van der Waals surface area contributed by atoms with Gasteiger partial charge in [0.25, 0.3) is 0 Å².